The second-order valence-corrected chi connectivity index (χ2v) is 8.03. The van der Waals surface area contributed by atoms with Crippen LogP contribution >= 0.6 is 0 Å². The highest BCUT2D eigenvalue weighted by atomic mass is 16.6. The van der Waals surface area contributed by atoms with Gasteiger partial charge < -0.3 is 20.3 Å². The molecule has 1 atom stereocenters. The van der Waals surface area contributed by atoms with E-state index in [0.29, 0.717) is 32.5 Å². The number of carbonyl (C=O) groups excluding carboxylic acids is 3. The summed E-state index contributed by atoms with van der Waals surface area (Å²) in [5.74, 6) is -0.0396. The minimum Gasteiger partial charge on any atom is -0.450 e. The molecule has 0 aromatic carbocycles. The van der Waals surface area contributed by atoms with E-state index in [0.717, 1.165) is 25.7 Å². The van der Waals surface area contributed by atoms with Crippen molar-refractivity contribution >= 4 is 17.9 Å². The van der Waals surface area contributed by atoms with Crippen molar-refractivity contribution in [2.24, 2.45) is 11.8 Å². The molecule has 2 N–H and O–H groups in total. The van der Waals surface area contributed by atoms with E-state index in [2.05, 4.69) is 10.6 Å². The molecular formula is C20H35N3O4. The van der Waals surface area contributed by atoms with Gasteiger partial charge in [0.25, 0.3) is 0 Å². The number of likely N-dealkylation sites (tertiary alicyclic amines) is 1. The molecule has 0 bridgehead atoms. The molecule has 2 aliphatic rings. The number of nitrogens with one attached hydrogen (secondary N) is 2. The molecule has 1 saturated carbocycles. The summed E-state index contributed by atoms with van der Waals surface area (Å²) in [5, 5.41) is 6.05. The van der Waals surface area contributed by atoms with Gasteiger partial charge >= 0.3 is 6.09 Å². The largest absolute Gasteiger partial charge is 0.450 e. The van der Waals surface area contributed by atoms with E-state index in [1.54, 1.807) is 11.8 Å². The Morgan fingerprint density at radius 1 is 1.04 bits per heavy atom. The van der Waals surface area contributed by atoms with Gasteiger partial charge in [0, 0.05) is 25.0 Å². The molecular weight excluding hydrogens is 346 g/mol. The molecule has 1 aliphatic heterocycles. The molecule has 2 rings (SSSR count). The van der Waals surface area contributed by atoms with E-state index >= 15 is 0 Å². The Morgan fingerprint density at radius 2 is 1.67 bits per heavy atom. The zero-order valence-electron chi connectivity index (χ0n) is 17.0. The molecule has 1 saturated heterocycles. The lowest BCUT2D eigenvalue weighted by atomic mass is 9.88. The molecule has 0 aromatic heterocycles. The lowest BCUT2D eigenvalue weighted by molar-refractivity contribution is -0.133. The predicted octanol–water partition coefficient (Wildman–Crippen LogP) is 2.44. The lowest BCUT2D eigenvalue weighted by Gasteiger charge is -2.33. The average molecular weight is 382 g/mol. The molecule has 1 heterocycles. The van der Waals surface area contributed by atoms with Crippen molar-refractivity contribution in [1.29, 1.82) is 0 Å². The van der Waals surface area contributed by atoms with E-state index in [9.17, 15) is 14.4 Å². The van der Waals surface area contributed by atoms with Gasteiger partial charge in [0.1, 0.15) is 6.04 Å². The Morgan fingerprint density at radius 3 is 2.22 bits per heavy atom. The number of hydrogen-bond donors (Lipinski definition) is 2. The highest BCUT2D eigenvalue weighted by molar-refractivity contribution is 5.88. The van der Waals surface area contributed by atoms with Gasteiger partial charge in [-0.05, 0) is 38.5 Å². The van der Waals surface area contributed by atoms with Crippen molar-refractivity contribution < 1.29 is 19.1 Å². The molecule has 3 amide bonds. The third kappa shape index (κ3) is 6.40. The average Bonchev–Trinajstić information content (AvgIpc) is 2.67. The van der Waals surface area contributed by atoms with Crippen LogP contribution in [0.5, 0.6) is 0 Å². The van der Waals surface area contributed by atoms with Crippen LogP contribution in [0.15, 0.2) is 0 Å². The standard InChI is InChI=1S/C20H35N3O4/c1-4-27-20(26)23-12-10-16(11-13-23)21-19(25)17(14(2)3)22-18(24)15-8-6-5-7-9-15/h14-17H,4-13H2,1-3H3,(H,21,25)(H,22,24)/t17-/m1/s1. The molecule has 1 aliphatic carbocycles. The van der Waals surface area contributed by atoms with Crippen LogP contribution < -0.4 is 10.6 Å². The maximum absolute atomic E-state index is 12.8. The molecule has 0 unspecified atom stereocenters. The van der Waals surface area contributed by atoms with Crippen molar-refractivity contribution in [3.8, 4) is 0 Å². The number of nitrogens with zero attached hydrogens (tertiary/aromatic N) is 1. The van der Waals surface area contributed by atoms with Crippen molar-refractivity contribution in [3.05, 3.63) is 0 Å². The van der Waals surface area contributed by atoms with Crippen molar-refractivity contribution in [2.75, 3.05) is 19.7 Å². The molecule has 7 heteroatoms. The minimum absolute atomic E-state index is 0.0145. The fraction of sp³-hybridized carbons (Fsp3) is 0.850. The van der Waals surface area contributed by atoms with E-state index in [1.165, 1.54) is 6.42 Å². The van der Waals surface area contributed by atoms with Gasteiger partial charge in [-0.1, -0.05) is 33.1 Å². The highest BCUT2D eigenvalue weighted by Gasteiger charge is 2.31. The predicted molar refractivity (Wildman–Crippen MR) is 103 cm³/mol. The number of rotatable bonds is 6. The van der Waals surface area contributed by atoms with Crippen LogP contribution in [0.25, 0.3) is 0 Å². The van der Waals surface area contributed by atoms with Gasteiger partial charge in [-0.3, -0.25) is 9.59 Å². The fourth-order valence-electron chi connectivity index (χ4n) is 3.88. The van der Waals surface area contributed by atoms with Gasteiger partial charge in [-0.2, -0.15) is 0 Å². The molecule has 2 fully saturated rings. The summed E-state index contributed by atoms with van der Waals surface area (Å²) in [4.78, 5) is 38.7. The van der Waals surface area contributed by atoms with Crippen LogP contribution in [-0.4, -0.2) is 54.6 Å². The second kappa shape index (κ2) is 10.5. The smallest absolute Gasteiger partial charge is 0.409 e. The molecule has 27 heavy (non-hydrogen) atoms. The van der Waals surface area contributed by atoms with Crippen LogP contribution in [0.2, 0.25) is 0 Å². The van der Waals surface area contributed by atoms with Gasteiger partial charge in [-0.15, -0.1) is 0 Å². The summed E-state index contributed by atoms with van der Waals surface area (Å²) in [6, 6.07) is -0.487. The Labute approximate surface area is 162 Å². The van der Waals surface area contributed by atoms with E-state index in [4.69, 9.17) is 4.74 Å². The van der Waals surface area contributed by atoms with Crippen LogP contribution in [0.1, 0.15) is 65.7 Å². The zero-order valence-corrected chi connectivity index (χ0v) is 17.0. The number of hydrogen-bond acceptors (Lipinski definition) is 4. The maximum Gasteiger partial charge on any atom is 0.409 e. The normalized spacial score (nSPS) is 20.2. The van der Waals surface area contributed by atoms with Gasteiger partial charge in [0.05, 0.1) is 6.61 Å². The SMILES string of the molecule is CCOC(=O)N1CCC(NC(=O)[C@H](NC(=O)C2CCCCC2)C(C)C)CC1. The third-order valence-corrected chi connectivity index (χ3v) is 5.59. The Kier molecular flexibility index (Phi) is 8.38. The van der Waals surface area contributed by atoms with Crippen molar-refractivity contribution in [1.82, 2.24) is 15.5 Å². The first-order valence-corrected chi connectivity index (χ1v) is 10.4. The molecule has 0 spiro atoms. The fourth-order valence-corrected chi connectivity index (χ4v) is 3.88. The van der Waals surface area contributed by atoms with E-state index < -0.39 is 6.04 Å². The first-order chi connectivity index (χ1) is 12.9. The Bertz CT molecular complexity index is 509. The first kappa shape index (κ1) is 21.5. The van der Waals surface area contributed by atoms with Gasteiger partial charge in [0.2, 0.25) is 11.8 Å². The Hall–Kier alpha value is -1.79. The van der Waals surface area contributed by atoms with Crippen LogP contribution in [-0.2, 0) is 14.3 Å². The monoisotopic (exact) mass is 381 g/mol. The van der Waals surface area contributed by atoms with Gasteiger partial charge in [0.15, 0.2) is 0 Å². The number of piperidine rings is 1. The lowest BCUT2D eigenvalue weighted by Crippen LogP contribution is -2.55. The summed E-state index contributed by atoms with van der Waals surface area (Å²) in [7, 11) is 0. The molecule has 7 nitrogen and oxygen atoms in total. The Balaban J connectivity index is 1.82. The molecule has 0 aromatic rings. The first-order valence-electron chi connectivity index (χ1n) is 10.4. The van der Waals surface area contributed by atoms with Crippen LogP contribution in [0.4, 0.5) is 4.79 Å². The quantitative estimate of drug-likeness (QED) is 0.740. The van der Waals surface area contributed by atoms with Crippen LogP contribution in [0, 0.1) is 11.8 Å². The van der Waals surface area contributed by atoms with Crippen molar-refractivity contribution in [3.63, 3.8) is 0 Å². The third-order valence-electron chi connectivity index (χ3n) is 5.59. The van der Waals surface area contributed by atoms with E-state index in [-0.39, 0.29) is 35.8 Å². The minimum atomic E-state index is -0.512. The molecule has 154 valence electrons. The van der Waals surface area contributed by atoms with Gasteiger partial charge in [-0.25, -0.2) is 4.79 Å². The number of ether oxygens (including phenoxy) is 1. The maximum atomic E-state index is 12.8. The van der Waals surface area contributed by atoms with Crippen molar-refractivity contribution in [2.45, 2.75) is 77.8 Å². The highest BCUT2D eigenvalue weighted by Crippen LogP contribution is 2.24. The topological polar surface area (TPSA) is 87.7 Å². The second-order valence-electron chi connectivity index (χ2n) is 8.03. The molecule has 0 radical (unpaired) electrons. The van der Waals surface area contributed by atoms with Crippen LogP contribution in [0.3, 0.4) is 0 Å². The van der Waals surface area contributed by atoms with E-state index in [1.807, 2.05) is 13.8 Å². The summed E-state index contributed by atoms with van der Waals surface area (Å²) in [6.07, 6.45) is 6.34. The zero-order chi connectivity index (χ0) is 19.8. The summed E-state index contributed by atoms with van der Waals surface area (Å²) in [5.41, 5.74) is 0. The number of carbonyl (C=O) groups is 3. The summed E-state index contributed by atoms with van der Waals surface area (Å²) in [6.45, 7) is 7.21. The summed E-state index contributed by atoms with van der Waals surface area (Å²) >= 11 is 0. The number of amides is 3. The summed E-state index contributed by atoms with van der Waals surface area (Å²) < 4.78 is 5.02.